The fourth-order valence-corrected chi connectivity index (χ4v) is 3.05. The first-order valence-electron chi connectivity index (χ1n) is 9.94. The fourth-order valence-electron chi connectivity index (χ4n) is 3.05. The lowest BCUT2D eigenvalue weighted by Gasteiger charge is -2.41. The quantitative estimate of drug-likeness (QED) is 0.585. The van der Waals surface area contributed by atoms with Crippen molar-refractivity contribution in [1.29, 1.82) is 0 Å². The van der Waals surface area contributed by atoms with Crippen LogP contribution in [0.3, 0.4) is 0 Å². The smallest absolute Gasteiger partial charge is 0.419 e. The lowest BCUT2D eigenvalue weighted by atomic mass is 9.92. The van der Waals surface area contributed by atoms with Gasteiger partial charge in [-0.15, -0.1) is 0 Å². The summed E-state index contributed by atoms with van der Waals surface area (Å²) in [6, 6.07) is 4.26. The maximum Gasteiger partial charge on any atom is 0.419 e. The third-order valence-electron chi connectivity index (χ3n) is 4.93. The van der Waals surface area contributed by atoms with E-state index in [1.807, 2.05) is 13.8 Å². The number of ether oxygens (including phenoxy) is 3. The normalized spacial score (nSPS) is 18.8. The van der Waals surface area contributed by atoms with E-state index in [-0.39, 0.29) is 5.75 Å². The van der Waals surface area contributed by atoms with Gasteiger partial charge >= 0.3 is 6.18 Å². The number of nitrogens with two attached hydrogens (primary N) is 1. The van der Waals surface area contributed by atoms with E-state index < -0.39 is 23.1 Å². The van der Waals surface area contributed by atoms with Crippen LogP contribution in [0.15, 0.2) is 18.2 Å². The molecule has 160 valence electrons. The van der Waals surface area contributed by atoms with Gasteiger partial charge in [-0.1, -0.05) is 32.3 Å². The van der Waals surface area contributed by atoms with E-state index in [4.69, 9.17) is 19.9 Å². The third kappa shape index (κ3) is 6.94. The van der Waals surface area contributed by atoms with Crippen LogP contribution < -0.4 is 10.5 Å². The number of alkyl halides is 3. The zero-order chi connectivity index (χ0) is 20.8. The van der Waals surface area contributed by atoms with Crippen molar-refractivity contribution >= 4 is 0 Å². The maximum atomic E-state index is 13.5. The molecule has 1 saturated heterocycles. The number of hydrogen-bond donors (Lipinski definition) is 1. The third-order valence-corrected chi connectivity index (χ3v) is 4.93. The summed E-state index contributed by atoms with van der Waals surface area (Å²) in [5, 5.41) is 0. The molecule has 0 unspecified atom stereocenters. The molecule has 1 aromatic carbocycles. The zero-order valence-electron chi connectivity index (χ0n) is 17.0. The Morgan fingerprint density at radius 2 is 1.79 bits per heavy atom. The summed E-state index contributed by atoms with van der Waals surface area (Å²) in [4.78, 5) is 0. The van der Waals surface area contributed by atoms with Gasteiger partial charge in [-0.3, -0.25) is 0 Å². The van der Waals surface area contributed by atoms with Gasteiger partial charge < -0.3 is 19.9 Å². The molecule has 0 spiro atoms. The molecule has 1 aromatic rings. The minimum Gasteiger partial charge on any atom is -0.493 e. The molecule has 0 radical (unpaired) electrons. The van der Waals surface area contributed by atoms with Crippen LogP contribution in [-0.4, -0.2) is 31.1 Å². The highest BCUT2D eigenvalue weighted by atomic mass is 19.4. The van der Waals surface area contributed by atoms with Crippen molar-refractivity contribution in [2.45, 2.75) is 76.8 Å². The van der Waals surface area contributed by atoms with Gasteiger partial charge in [0.2, 0.25) is 0 Å². The second-order valence-corrected chi connectivity index (χ2v) is 8.08. The molecule has 0 aliphatic carbocycles. The van der Waals surface area contributed by atoms with Crippen LogP contribution in [0.4, 0.5) is 13.2 Å². The molecule has 2 N–H and O–H groups in total. The number of rotatable bonds is 9. The van der Waals surface area contributed by atoms with Gasteiger partial charge in [-0.05, 0) is 50.8 Å². The summed E-state index contributed by atoms with van der Waals surface area (Å²) in [6.07, 6.45) is 0.240. The molecular weight excluding hydrogens is 371 g/mol. The van der Waals surface area contributed by atoms with Crippen LogP contribution >= 0.6 is 0 Å². The first kappa shape index (κ1) is 23.0. The van der Waals surface area contributed by atoms with Crippen molar-refractivity contribution in [1.82, 2.24) is 0 Å². The SMILES string of the molecule is CCCCCCOc1ccc(CCC2(N)COC(C)(C)OC2)cc1C(F)(F)F. The Kier molecular flexibility index (Phi) is 7.76. The Labute approximate surface area is 165 Å². The number of hydrogen-bond acceptors (Lipinski definition) is 4. The molecule has 2 rings (SSSR count). The molecule has 0 saturated carbocycles. The molecule has 0 atom stereocenters. The lowest BCUT2D eigenvalue weighted by Crippen LogP contribution is -2.57. The Morgan fingerprint density at radius 1 is 1.11 bits per heavy atom. The fraction of sp³-hybridized carbons (Fsp3) is 0.714. The Balaban J connectivity index is 1.99. The van der Waals surface area contributed by atoms with Crippen molar-refractivity contribution in [2.75, 3.05) is 19.8 Å². The second-order valence-electron chi connectivity index (χ2n) is 8.08. The summed E-state index contributed by atoms with van der Waals surface area (Å²) in [5.74, 6) is -0.788. The molecule has 28 heavy (non-hydrogen) atoms. The standard InChI is InChI=1S/C21H32F3NO3/c1-4-5-6-7-12-26-18-9-8-16(13-17(18)21(22,23)24)10-11-20(25)14-27-19(2,3)28-15-20/h8-9,13H,4-7,10-12,14-15,25H2,1-3H3. The minimum atomic E-state index is -4.46. The van der Waals surface area contributed by atoms with Crippen molar-refractivity contribution < 1.29 is 27.4 Å². The van der Waals surface area contributed by atoms with Gasteiger partial charge in [0.25, 0.3) is 0 Å². The maximum absolute atomic E-state index is 13.5. The molecule has 7 heteroatoms. The van der Waals surface area contributed by atoms with Gasteiger partial charge in [0.05, 0.1) is 30.9 Å². The zero-order valence-corrected chi connectivity index (χ0v) is 17.0. The molecule has 1 fully saturated rings. The summed E-state index contributed by atoms with van der Waals surface area (Å²) in [7, 11) is 0. The van der Waals surface area contributed by atoms with E-state index >= 15 is 0 Å². The van der Waals surface area contributed by atoms with Crippen LogP contribution in [0.25, 0.3) is 0 Å². The summed E-state index contributed by atoms with van der Waals surface area (Å²) < 4.78 is 57.0. The lowest BCUT2D eigenvalue weighted by molar-refractivity contribution is -0.267. The number of unbranched alkanes of at least 4 members (excludes halogenated alkanes) is 3. The van der Waals surface area contributed by atoms with Crippen molar-refractivity contribution in [3.63, 3.8) is 0 Å². The first-order chi connectivity index (χ1) is 13.0. The van der Waals surface area contributed by atoms with Crippen LogP contribution in [-0.2, 0) is 22.1 Å². The molecule has 0 bridgehead atoms. The molecule has 0 amide bonds. The van der Waals surface area contributed by atoms with Gasteiger partial charge in [-0.2, -0.15) is 13.2 Å². The Hall–Kier alpha value is -1.31. The van der Waals surface area contributed by atoms with Crippen molar-refractivity contribution in [3.05, 3.63) is 29.3 Å². The van der Waals surface area contributed by atoms with E-state index in [1.165, 1.54) is 12.1 Å². The summed E-state index contributed by atoms with van der Waals surface area (Å²) >= 11 is 0. The Morgan fingerprint density at radius 3 is 2.39 bits per heavy atom. The van der Waals surface area contributed by atoms with Crippen LogP contribution in [0.1, 0.15) is 64.0 Å². The number of halogens is 3. The average molecular weight is 403 g/mol. The largest absolute Gasteiger partial charge is 0.493 e. The summed E-state index contributed by atoms with van der Waals surface area (Å²) in [6.45, 7) is 6.61. The second kappa shape index (κ2) is 9.46. The molecule has 1 heterocycles. The van der Waals surface area contributed by atoms with E-state index in [1.54, 1.807) is 6.07 Å². The molecule has 0 aromatic heterocycles. The highest BCUT2D eigenvalue weighted by Gasteiger charge is 2.37. The van der Waals surface area contributed by atoms with E-state index in [0.717, 1.165) is 25.7 Å². The number of aryl methyl sites for hydroxylation is 1. The van der Waals surface area contributed by atoms with E-state index in [9.17, 15) is 13.2 Å². The monoisotopic (exact) mass is 403 g/mol. The summed E-state index contributed by atoms with van der Waals surface area (Å²) in [5.41, 5.74) is 5.42. The Bertz CT molecular complexity index is 622. The molecule has 1 aliphatic rings. The van der Waals surface area contributed by atoms with Crippen LogP contribution in [0.5, 0.6) is 5.75 Å². The van der Waals surface area contributed by atoms with Gasteiger partial charge in [0.15, 0.2) is 5.79 Å². The predicted octanol–water partition coefficient (Wildman–Crippen LogP) is 5.08. The topological polar surface area (TPSA) is 53.7 Å². The van der Waals surface area contributed by atoms with Crippen LogP contribution in [0, 0.1) is 0 Å². The van der Waals surface area contributed by atoms with Gasteiger partial charge in [-0.25, -0.2) is 0 Å². The number of benzene rings is 1. The van der Waals surface area contributed by atoms with Crippen molar-refractivity contribution in [2.24, 2.45) is 5.73 Å². The predicted molar refractivity (Wildman–Crippen MR) is 102 cm³/mol. The van der Waals surface area contributed by atoms with E-state index in [2.05, 4.69) is 6.92 Å². The highest BCUT2D eigenvalue weighted by Crippen LogP contribution is 2.37. The van der Waals surface area contributed by atoms with Crippen LogP contribution in [0.2, 0.25) is 0 Å². The van der Waals surface area contributed by atoms with Gasteiger partial charge in [0.1, 0.15) is 5.75 Å². The highest BCUT2D eigenvalue weighted by molar-refractivity contribution is 5.39. The van der Waals surface area contributed by atoms with E-state index in [0.29, 0.717) is 38.2 Å². The molecule has 4 nitrogen and oxygen atoms in total. The first-order valence-corrected chi connectivity index (χ1v) is 9.94. The molecule has 1 aliphatic heterocycles. The average Bonchev–Trinajstić information content (AvgIpc) is 2.63. The molecular formula is C21H32F3NO3. The van der Waals surface area contributed by atoms with Crippen molar-refractivity contribution in [3.8, 4) is 5.75 Å². The minimum absolute atomic E-state index is 0.110. The van der Waals surface area contributed by atoms with Gasteiger partial charge in [0, 0.05) is 0 Å².